The van der Waals surface area contributed by atoms with Crippen molar-refractivity contribution >= 4 is 40.9 Å². The number of benzene rings is 1. The molecule has 1 N–H and O–H groups in total. The minimum Gasteiger partial charge on any atom is -0.354 e. The first-order chi connectivity index (χ1) is 12.5. The van der Waals surface area contributed by atoms with Crippen LogP contribution < -0.4 is 15.8 Å². The molecule has 1 aromatic carbocycles. The summed E-state index contributed by atoms with van der Waals surface area (Å²) in [7, 11) is 1.55. The van der Waals surface area contributed by atoms with Gasteiger partial charge in [0.25, 0.3) is 5.56 Å². The van der Waals surface area contributed by atoms with E-state index in [1.165, 1.54) is 22.9 Å². The second-order valence-corrected chi connectivity index (χ2v) is 7.24. The molecule has 1 aromatic heterocycles. The molecule has 0 saturated carbocycles. The monoisotopic (exact) mass is 392 g/mol. The van der Waals surface area contributed by atoms with Crippen LogP contribution in [0.2, 0.25) is 5.02 Å². The number of carbonyl (C=O) groups excluding carboxylic acids is 2. The van der Waals surface area contributed by atoms with Gasteiger partial charge < -0.3 is 10.2 Å². The van der Waals surface area contributed by atoms with Crippen LogP contribution in [-0.4, -0.2) is 40.9 Å². The Bertz CT molecular complexity index is 898. The Morgan fingerprint density at radius 1 is 1.31 bits per heavy atom. The minimum absolute atomic E-state index is 0.148. The van der Waals surface area contributed by atoms with Crippen LogP contribution in [0.3, 0.4) is 0 Å². The molecule has 2 amide bonds. The molecule has 7 nitrogen and oxygen atoms in total. The van der Waals surface area contributed by atoms with Crippen molar-refractivity contribution in [2.75, 3.05) is 24.2 Å². The smallest absolute Gasteiger partial charge is 0.292 e. The molecule has 9 heteroatoms. The highest BCUT2D eigenvalue weighted by molar-refractivity contribution is 8.00. The summed E-state index contributed by atoms with van der Waals surface area (Å²) in [4.78, 5) is 38.4. The highest BCUT2D eigenvalue weighted by Gasteiger charge is 2.26. The van der Waals surface area contributed by atoms with E-state index in [4.69, 9.17) is 11.6 Å². The van der Waals surface area contributed by atoms with Crippen LogP contribution in [0.1, 0.15) is 5.56 Å². The number of fused-ring (bicyclic) bond motifs is 1. The Morgan fingerprint density at radius 2 is 2.04 bits per heavy atom. The molecule has 2 aromatic rings. The molecule has 2 heterocycles. The molecule has 0 fully saturated rings. The second kappa shape index (κ2) is 7.92. The van der Waals surface area contributed by atoms with Gasteiger partial charge in [-0.1, -0.05) is 23.7 Å². The fourth-order valence-corrected chi connectivity index (χ4v) is 3.62. The van der Waals surface area contributed by atoms with Gasteiger partial charge in [-0.25, -0.2) is 4.68 Å². The van der Waals surface area contributed by atoms with Gasteiger partial charge >= 0.3 is 0 Å². The number of rotatable bonds is 5. The molecule has 3 rings (SSSR count). The van der Waals surface area contributed by atoms with E-state index in [2.05, 4.69) is 10.4 Å². The third-order valence-corrected chi connectivity index (χ3v) is 5.24. The number of nitrogens with one attached hydrogen (secondary N) is 1. The average Bonchev–Trinajstić information content (AvgIpc) is 2.62. The zero-order chi connectivity index (χ0) is 18.7. The largest absolute Gasteiger partial charge is 0.354 e. The highest BCUT2D eigenvalue weighted by Crippen LogP contribution is 2.30. The zero-order valence-electron chi connectivity index (χ0n) is 14.1. The standard InChI is InChI=1S/C17H17ClN4O3S/c1-21-15(24)10-26-13-8-20-22(17(25)16(13)21)9-14(23)19-7-6-11-2-4-12(18)5-3-11/h2-5,8H,6-7,9-10H2,1H3,(H,19,23). The van der Waals surface area contributed by atoms with Crippen molar-refractivity contribution in [1.82, 2.24) is 15.1 Å². The summed E-state index contributed by atoms with van der Waals surface area (Å²) in [6.07, 6.45) is 2.18. The van der Waals surface area contributed by atoms with Crippen LogP contribution in [0, 0.1) is 0 Å². The molecule has 0 aliphatic carbocycles. The van der Waals surface area contributed by atoms with Gasteiger partial charge in [-0.2, -0.15) is 5.10 Å². The van der Waals surface area contributed by atoms with E-state index in [0.29, 0.717) is 22.9 Å². The van der Waals surface area contributed by atoms with E-state index in [9.17, 15) is 14.4 Å². The van der Waals surface area contributed by atoms with Crippen molar-refractivity contribution in [1.29, 1.82) is 0 Å². The summed E-state index contributed by atoms with van der Waals surface area (Å²) < 4.78 is 1.08. The molecule has 136 valence electrons. The maximum atomic E-state index is 12.5. The van der Waals surface area contributed by atoms with Gasteiger partial charge in [0.1, 0.15) is 12.2 Å². The van der Waals surface area contributed by atoms with E-state index in [1.54, 1.807) is 19.2 Å². The van der Waals surface area contributed by atoms with Crippen LogP contribution in [-0.2, 0) is 22.6 Å². The molecular weight excluding hydrogens is 376 g/mol. The van der Waals surface area contributed by atoms with Gasteiger partial charge in [-0.05, 0) is 24.1 Å². The predicted molar refractivity (Wildman–Crippen MR) is 101 cm³/mol. The first-order valence-electron chi connectivity index (χ1n) is 7.96. The summed E-state index contributed by atoms with van der Waals surface area (Å²) in [6, 6.07) is 7.39. The van der Waals surface area contributed by atoms with E-state index in [-0.39, 0.29) is 29.8 Å². The molecular formula is C17H17ClN4O3S. The fraction of sp³-hybridized carbons (Fsp3) is 0.294. The molecule has 26 heavy (non-hydrogen) atoms. The van der Waals surface area contributed by atoms with E-state index < -0.39 is 5.56 Å². The lowest BCUT2D eigenvalue weighted by atomic mass is 10.1. The number of anilines is 1. The minimum atomic E-state index is -0.446. The van der Waals surface area contributed by atoms with Crippen molar-refractivity contribution in [3.8, 4) is 0 Å². The number of amides is 2. The Hall–Kier alpha value is -2.32. The molecule has 1 aliphatic heterocycles. The number of carbonyl (C=O) groups is 2. The van der Waals surface area contributed by atoms with Crippen LogP contribution in [0.5, 0.6) is 0 Å². The van der Waals surface area contributed by atoms with Crippen LogP contribution >= 0.6 is 23.4 Å². The van der Waals surface area contributed by atoms with Crippen molar-refractivity contribution in [3.63, 3.8) is 0 Å². The number of hydrogen-bond acceptors (Lipinski definition) is 5. The molecule has 0 bridgehead atoms. The Balaban J connectivity index is 1.62. The normalized spacial score (nSPS) is 13.5. The topological polar surface area (TPSA) is 84.3 Å². The lowest BCUT2D eigenvalue weighted by Gasteiger charge is -2.24. The van der Waals surface area contributed by atoms with Crippen molar-refractivity contribution < 1.29 is 9.59 Å². The van der Waals surface area contributed by atoms with E-state index in [0.717, 1.165) is 10.2 Å². The van der Waals surface area contributed by atoms with Crippen LogP contribution in [0.25, 0.3) is 0 Å². The quantitative estimate of drug-likeness (QED) is 0.829. The lowest BCUT2D eigenvalue weighted by Crippen LogP contribution is -2.41. The summed E-state index contributed by atoms with van der Waals surface area (Å²) in [5.74, 6) is -0.185. The average molecular weight is 393 g/mol. The van der Waals surface area contributed by atoms with Crippen molar-refractivity contribution in [2.24, 2.45) is 0 Å². The van der Waals surface area contributed by atoms with Gasteiger partial charge in [0.05, 0.1) is 16.8 Å². The Morgan fingerprint density at radius 3 is 2.77 bits per heavy atom. The van der Waals surface area contributed by atoms with Gasteiger partial charge in [0.2, 0.25) is 11.8 Å². The third-order valence-electron chi connectivity index (χ3n) is 3.99. The fourth-order valence-electron chi connectivity index (χ4n) is 2.54. The summed E-state index contributed by atoms with van der Waals surface area (Å²) in [5.41, 5.74) is 0.879. The van der Waals surface area contributed by atoms with Crippen molar-refractivity contribution in [2.45, 2.75) is 17.9 Å². The van der Waals surface area contributed by atoms with Crippen molar-refractivity contribution in [3.05, 3.63) is 51.4 Å². The van der Waals surface area contributed by atoms with Gasteiger partial charge in [0.15, 0.2) is 0 Å². The number of aromatic nitrogens is 2. The molecule has 0 atom stereocenters. The first-order valence-corrected chi connectivity index (χ1v) is 9.32. The first kappa shape index (κ1) is 18.5. The number of nitrogens with zero attached hydrogens (tertiary/aromatic N) is 3. The van der Waals surface area contributed by atoms with Gasteiger partial charge in [-0.3, -0.25) is 14.4 Å². The molecule has 1 aliphatic rings. The Kier molecular flexibility index (Phi) is 5.63. The number of halogens is 1. The lowest BCUT2D eigenvalue weighted by molar-refractivity contribution is -0.121. The third kappa shape index (κ3) is 4.08. The maximum absolute atomic E-state index is 12.5. The van der Waals surface area contributed by atoms with E-state index in [1.807, 2.05) is 12.1 Å². The van der Waals surface area contributed by atoms with Gasteiger partial charge in [-0.15, -0.1) is 11.8 Å². The van der Waals surface area contributed by atoms with Crippen LogP contribution in [0.4, 0.5) is 5.69 Å². The molecule has 0 radical (unpaired) electrons. The summed E-state index contributed by atoms with van der Waals surface area (Å²) in [5, 5.41) is 7.47. The summed E-state index contributed by atoms with van der Waals surface area (Å²) in [6.45, 7) is 0.244. The number of hydrogen-bond donors (Lipinski definition) is 1. The molecule has 0 spiro atoms. The highest BCUT2D eigenvalue weighted by atomic mass is 35.5. The Labute approximate surface area is 159 Å². The molecule has 0 unspecified atom stereocenters. The summed E-state index contributed by atoms with van der Waals surface area (Å²) >= 11 is 7.11. The second-order valence-electron chi connectivity index (χ2n) is 5.79. The predicted octanol–water partition coefficient (Wildman–Crippen LogP) is 1.32. The maximum Gasteiger partial charge on any atom is 0.292 e. The zero-order valence-corrected chi connectivity index (χ0v) is 15.6. The number of thioether (sulfide) groups is 1. The van der Waals surface area contributed by atoms with Gasteiger partial charge in [0, 0.05) is 18.6 Å². The van der Waals surface area contributed by atoms with E-state index >= 15 is 0 Å². The molecule has 0 saturated heterocycles. The SMILES string of the molecule is CN1C(=O)CSc2cnn(CC(=O)NCCc3ccc(Cl)cc3)c(=O)c21. The van der Waals surface area contributed by atoms with Crippen LogP contribution in [0.15, 0.2) is 40.2 Å².